The van der Waals surface area contributed by atoms with Crippen molar-refractivity contribution in [3.63, 3.8) is 0 Å². The van der Waals surface area contributed by atoms with Crippen LogP contribution in [0, 0.1) is 6.92 Å². The lowest BCUT2D eigenvalue weighted by Crippen LogP contribution is -2.15. The predicted molar refractivity (Wildman–Crippen MR) is 85.2 cm³/mol. The maximum Gasteiger partial charge on any atom is 0.277 e. The summed E-state index contributed by atoms with van der Waals surface area (Å²) in [5, 5.41) is 4.89. The molecule has 0 radical (unpaired) electrons. The van der Waals surface area contributed by atoms with E-state index in [4.69, 9.17) is 0 Å². The molecule has 2 aromatic rings. The third kappa shape index (κ3) is 3.28. The molecule has 0 atom stereocenters. The van der Waals surface area contributed by atoms with Crippen LogP contribution in [-0.2, 0) is 0 Å². The molecule has 0 aliphatic heterocycles. The zero-order valence-electron chi connectivity index (χ0n) is 12.4. The second-order valence-corrected chi connectivity index (χ2v) is 5.23. The van der Waals surface area contributed by atoms with E-state index in [0.29, 0.717) is 10.9 Å². The molecule has 0 bridgehead atoms. The average molecular weight is 291 g/mol. The zero-order chi connectivity index (χ0) is 15.4. The Morgan fingerprint density at radius 2 is 1.91 bits per heavy atom. The van der Waals surface area contributed by atoms with Crippen molar-refractivity contribution in [3.05, 3.63) is 83.5 Å². The fourth-order valence-electron chi connectivity index (χ4n) is 2.24. The molecule has 1 aromatic heterocycles. The van der Waals surface area contributed by atoms with E-state index in [1.54, 1.807) is 24.4 Å². The quantitative estimate of drug-likeness (QED) is 0.799. The van der Waals surface area contributed by atoms with E-state index in [1.165, 1.54) is 0 Å². The topological polar surface area (TPSA) is 47.2 Å². The van der Waals surface area contributed by atoms with Crippen LogP contribution < -0.4 is 5.36 Å². The summed E-state index contributed by atoms with van der Waals surface area (Å²) in [6.07, 6.45) is 12.8. The number of hydrogen-bond donors (Lipinski definition) is 0. The molecule has 1 heterocycles. The molecule has 1 aliphatic carbocycles. The van der Waals surface area contributed by atoms with Crippen molar-refractivity contribution < 1.29 is 4.79 Å². The Balaban J connectivity index is 1.81. The maximum absolute atomic E-state index is 12.1. The van der Waals surface area contributed by atoms with Crippen LogP contribution in [0.5, 0.6) is 0 Å². The minimum atomic E-state index is -0.253. The Labute approximate surface area is 129 Å². The van der Waals surface area contributed by atoms with E-state index >= 15 is 0 Å². The molecule has 3 rings (SSSR count). The average Bonchev–Trinajstić information content (AvgIpc) is 2.57. The number of allylic oxidation sites excluding steroid dienone is 4. The second kappa shape index (κ2) is 6.35. The fourth-order valence-corrected chi connectivity index (χ4v) is 2.24. The first kappa shape index (κ1) is 14.2. The molecular weight excluding hydrogens is 274 g/mol. The number of amides is 1. The Hall–Kier alpha value is -2.75. The Morgan fingerprint density at radius 1 is 1.18 bits per heavy atom. The third-order valence-electron chi connectivity index (χ3n) is 3.49. The van der Waals surface area contributed by atoms with Crippen LogP contribution in [0.25, 0.3) is 0 Å². The zero-order valence-corrected chi connectivity index (χ0v) is 12.4. The minimum Gasteiger partial charge on any atom is -0.267 e. The Morgan fingerprint density at radius 3 is 2.55 bits per heavy atom. The largest absolute Gasteiger partial charge is 0.277 e. The summed E-state index contributed by atoms with van der Waals surface area (Å²) >= 11 is 0. The van der Waals surface area contributed by atoms with Gasteiger partial charge in [0.2, 0.25) is 0 Å². The number of benzene rings is 1. The van der Waals surface area contributed by atoms with Crippen molar-refractivity contribution in [3.8, 4) is 0 Å². The van der Waals surface area contributed by atoms with Crippen LogP contribution in [0.1, 0.15) is 28.4 Å². The molecule has 22 heavy (non-hydrogen) atoms. The molecule has 0 unspecified atom stereocenters. The molecule has 1 aliphatic rings. The molecule has 0 saturated heterocycles. The van der Waals surface area contributed by atoms with Gasteiger partial charge in [0.25, 0.3) is 5.91 Å². The van der Waals surface area contributed by atoms with Crippen LogP contribution in [0.2, 0.25) is 0 Å². The standard InChI is InChI=1S/C18H17N3O/c1-14-7-9-15(10-8-14)18(22)20-16-11-12-21(19-13-16)17-5-3-2-4-6-17/h3-13,17H,2H2,1H3. The van der Waals surface area contributed by atoms with Crippen LogP contribution in [0.3, 0.4) is 0 Å². The third-order valence-corrected chi connectivity index (χ3v) is 3.49. The van der Waals surface area contributed by atoms with Gasteiger partial charge in [-0.25, -0.2) is 4.99 Å². The van der Waals surface area contributed by atoms with E-state index < -0.39 is 0 Å². The van der Waals surface area contributed by atoms with E-state index in [9.17, 15) is 4.79 Å². The van der Waals surface area contributed by atoms with Gasteiger partial charge in [0.15, 0.2) is 0 Å². The van der Waals surface area contributed by atoms with Gasteiger partial charge < -0.3 is 0 Å². The highest BCUT2D eigenvalue weighted by Crippen LogP contribution is 2.13. The van der Waals surface area contributed by atoms with Gasteiger partial charge in [0.1, 0.15) is 0 Å². The van der Waals surface area contributed by atoms with Crippen molar-refractivity contribution in [1.82, 2.24) is 9.78 Å². The van der Waals surface area contributed by atoms with Gasteiger partial charge in [-0.15, -0.1) is 0 Å². The highest BCUT2D eigenvalue weighted by molar-refractivity contribution is 5.94. The molecule has 0 N–H and O–H groups in total. The lowest BCUT2D eigenvalue weighted by atomic mass is 10.1. The highest BCUT2D eigenvalue weighted by atomic mass is 16.1. The fraction of sp³-hybridized carbons (Fsp3) is 0.167. The predicted octanol–water partition coefficient (Wildman–Crippen LogP) is 2.99. The normalized spacial score (nSPS) is 15.2. The van der Waals surface area contributed by atoms with Gasteiger partial charge in [-0.3, -0.25) is 9.48 Å². The Bertz CT molecular complexity index is 765. The summed E-state index contributed by atoms with van der Waals surface area (Å²) in [6.45, 7) is 1.99. The molecule has 4 nitrogen and oxygen atoms in total. The molecule has 1 amide bonds. The summed E-state index contributed by atoms with van der Waals surface area (Å²) in [5.41, 5.74) is 1.70. The van der Waals surface area contributed by atoms with E-state index in [1.807, 2.05) is 29.9 Å². The lowest BCUT2D eigenvalue weighted by molar-refractivity contribution is 0.0998. The Kier molecular flexibility index (Phi) is 4.10. The van der Waals surface area contributed by atoms with Crippen LogP contribution >= 0.6 is 0 Å². The van der Waals surface area contributed by atoms with Gasteiger partial charge in [-0.2, -0.15) is 5.10 Å². The van der Waals surface area contributed by atoms with Crippen LogP contribution in [0.15, 0.2) is 72.0 Å². The molecule has 1 aromatic carbocycles. The SMILES string of the molecule is Cc1ccc(C(=O)N=c2ccn(C3C=CCC=C3)nc2)cc1. The van der Waals surface area contributed by atoms with E-state index in [2.05, 4.69) is 34.4 Å². The first-order chi connectivity index (χ1) is 10.7. The first-order valence-electron chi connectivity index (χ1n) is 7.26. The number of aryl methyl sites for hydroxylation is 1. The maximum atomic E-state index is 12.1. The molecule has 0 spiro atoms. The molecule has 110 valence electrons. The van der Waals surface area contributed by atoms with Gasteiger partial charge >= 0.3 is 0 Å². The number of hydrogen-bond acceptors (Lipinski definition) is 2. The van der Waals surface area contributed by atoms with E-state index in [0.717, 1.165) is 12.0 Å². The van der Waals surface area contributed by atoms with Crippen molar-refractivity contribution in [1.29, 1.82) is 0 Å². The number of rotatable bonds is 2. The highest BCUT2D eigenvalue weighted by Gasteiger charge is 2.05. The monoisotopic (exact) mass is 291 g/mol. The summed E-state index contributed by atoms with van der Waals surface area (Å²) in [5.74, 6) is -0.253. The van der Waals surface area contributed by atoms with Crippen LogP contribution in [0.4, 0.5) is 0 Å². The van der Waals surface area contributed by atoms with Gasteiger partial charge in [-0.05, 0) is 31.5 Å². The first-order valence-corrected chi connectivity index (χ1v) is 7.26. The van der Waals surface area contributed by atoms with Gasteiger partial charge in [-0.1, -0.05) is 42.0 Å². The summed E-state index contributed by atoms with van der Waals surface area (Å²) in [7, 11) is 0. The number of carbonyl (C=O) groups excluding carboxylic acids is 1. The molecule has 0 saturated carbocycles. The number of nitrogens with zero attached hydrogens (tertiary/aromatic N) is 3. The van der Waals surface area contributed by atoms with Crippen LogP contribution in [-0.4, -0.2) is 15.7 Å². The van der Waals surface area contributed by atoms with Crippen molar-refractivity contribution in [2.24, 2.45) is 4.99 Å². The van der Waals surface area contributed by atoms with Crippen molar-refractivity contribution in [2.75, 3.05) is 0 Å². The minimum absolute atomic E-state index is 0.135. The van der Waals surface area contributed by atoms with Gasteiger partial charge in [0, 0.05) is 11.8 Å². The van der Waals surface area contributed by atoms with Crippen molar-refractivity contribution >= 4 is 5.91 Å². The lowest BCUT2D eigenvalue weighted by Gasteiger charge is -2.13. The second-order valence-electron chi connectivity index (χ2n) is 5.23. The van der Waals surface area contributed by atoms with E-state index in [-0.39, 0.29) is 11.9 Å². The molecule has 4 heteroatoms. The summed E-state index contributed by atoms with van der Waals surface area (Å²) in [6, 6.07) is 9.32. The number of carbonyl (C=O) groups is 1. The molecular formula is C18H17N3O. The van der Waals surface area contributed by atoms with Gasteiger partial charge in [0.05, 0.1) is 17.6 Å². The summed E-state index contributed by atoms with van der Waals surface area (Å²) < 4.78 is 1.83. The van der Waals surface area contributed by atoms with Crippen molar-refractivity contribution in [2.45, 2.75) is 19.4 Å². The number of aromatic nitrogens is 2. The smallest absolute Gasteiger partial charge is 0.267 e. The summed E-state index contributed by atoms with van der Waals surface area (Å²) in [4.78, 5) is 16.2. The molecule has 0 fully saturated rings.